The van der Waals surface area contributed by atoms with Crippen LogP contribution in [0.1, 0.15) is 51.4 Å². The Kier molecular flexibility index (Phi) is 10.1. The molecule has 0 spiro atoms. The van der Waals surface area contributed by atoms with Crippen molar-refractivity contribution in [2.75, 3.05) is 38.2 Å². The fraction of sp³-hybridized carbons (Fsp3) is 0.667. The number of carbonyl (C=O) groups is 2. The average molecular weight is 496 g/mol. The number of sulfonamides is 1. The highest BCUT2D eigenvalue weighted by Gasteiger charge is 2.31. The number of hydrogen-bond donors (Lipinski definition) is 1. The molecule has 0 radical (unpaired) electrons. The molecular weight excluding hydrogens is 458 g/mol. The van der Waals surface area contributed by atoms with Crippen LogP contribution in [-0.2, 0) is 19.6 Å². The number of amides is 2. The summed E-state index contributed by atoms with van der Waals surface area (Å²) in [6.07, 6.45) is 10.3. The summed E-state index contributed by atoms with van der Waals surface area (Å²) in [7, 11) is -3.79. The maximum Gasteiger partial charge on any atom is 0.241 e. The number of thioether (sulfide) groups is 1. The standard InChI is InChI=1S/C24H37N3O4S2/c1-32-19-14-22(25-33(30,31)21-10-6-3-7-11-21)24(29)27-17-15-26(16-18-27)23(28)13-12-20-8-4-2-5-9-20/h3,6-7,10-11,20,22,25H,2,4-5,8-9,12-19H2,1H3. The molecule has 1 unspecified atom stereocenters. The minimum absolute atomic E-state index is 0.153. The lowest BCUT2D eigenvalue weighted by Gasteiger charge is -2.36. The Morgan fingerprint density at radius 1 is 1.03 bits per heavy atom. The fourth-order valence-corrected chi connectivity index (χ4v) is 6.40. The van der Waals surface area contributed by atoms with Gasteiger partial charge in [-0.3, -0.25) is 9.59 Å². The maximum absolute atomic E-state index is 13.2. The molecule has 2 amide bonds. The Bertz CT molecular complexity index is 865. The lowest BCUT2D eigenvalue weighted by molar-refractivity contribution is -0.140. The van der Waals surface area contributed by atoms with Gasteiger partial charge in [0.25, 0.3) is 0 Å². The van der Waals surface area contributed by atoms with Gasteiger partial charge >= 0.3 is 0 Å². The SMILES string of the molecule is CSCCC(NS(=O)(=O)c1ccccc1)C(=O)N1CCN(C(=O)CCC2CCCCC2)CC1. The van der Waals surface area contributed by atoms with E-state index in [4.69, 9.17) is 0 Å². The van der Waals surface area contributed by atoms with Gasteiger partial charge in [-0.2, -0.15) is 16.5 Å². The second kappa shape index (κ2) is 12.8. The van der Waals surface area contributed by atoms with Crippen LogP contribution in [0.4, 0.5) is 0 Å². The zero-order valence-corrected chi connectivity index (χ0v) is 21.2. The first-order chi connectivity index (χ1) is 15.9. The second-order valence-corrected chi connectivity index (χ2v) is 11.7. The van der Waals surface area contributed by atoms with Crippen LogP contribution in [-0.4, -0.2) is 74.3 Å². The van der Waals surface area contributed by atoms with E-state index in [9.17, 15) is 18.0 Å². The molecule has 1 N–H and O–H groups in total. The van der Waals surface area contributed by atoms with Gasteiger partial charge in [0, 0.05) is 32.6 Å². The molecule has 1 aliphatic carbocycles. The molecule has 1 atom stereocenters. The van der Waals surface area contributed by atoms with Crippen molar-refractivity contribution in [1.29, 1.82) is 0 Å². The van der Waals surface area contributed by atoms with E-state index < -0.39 is 16.1 Å². The summed E-state index contributed by atoms with van der Waals surface area (Å²) in [6.45, 7) is 1.90. The number of hydrogen-bond acceptors (Lipinski definition) is 5. The van der Waals surface area contributed by atoms with E-state index in [1.807, 2.05) is 11.2 Å². The number of nitrogens with one attached hydrogen (secondary N) is 1. The summed E-state index contributed by atoms with van der Waals surface area (Å²) in [5.41, 5.74) is 0. The predicted molar refractivity (Wildman–Crippen MR) is 133 cm³/mol. The normalized spacial score (nSPS) is 18.8. The zero-order valence-electron chi connectivity index (χ0n) is 19.6. The molecule has 0 bridgehead atoms. The summed E-state index contributed by atoms with van der Waals surface area (Å²) >= 11 is 1.58. The van der Waals surface area contributed by atoms with Crippen molar-refractivity contribution in [2.45, 2.75) is 62.3 Å². The summed E-state index contributed by atoms with van der Waals surface area (Å²) in [5.74, 6) is 1.32. The first kappa shape index (κ1) is 26.0. The average Bonchev–Trinajstić information content (AvgIpc) is 2.86. The van der Waals surface area contributed by atoms with Crippen molar-refractivity contribution in [2.24, 2.45) is 5.92 Å². The van der Waals surface area contributed by atoms with E-state index >= 15 is 0 Å². The van der Waals surface area contributed by atoms with Crippen LogP contribution in [0.2, 0.25) is 0 Å². The lowest BCUT2D eigenvalue weighted by atomic mass is 9.86. The van der Waals surface area contributed by atoms with Gasteiger partial charge in [-0.05, 0) is 42.9 Å². The Hall–Kier alpha value is -1.58. The van der Waals surface area contributed by atoms with Gasteiger partial charge in [-0.25, -0.2) is 8.42 Å². The maximum atomic E-state index is 13.2. The number of benzene rings is 1. The van der Waals surface area contributed by atoms with Gasteiger partial charge in [0.2, 0.25) is 21.8 Å². The molecule has 1 aromatic carbocycles. The smallest absolute Gasteiger partial charge is 0.241 e. The molecular formula is C24H37N3O4S2. The molecule has 2 fully saturated rings. The van der Waals surface area contributed by atoms with Crippen LogP contribution in [0.5, 0.6) is 0 Å². The molecule has 9 heteroatoms. The summed E-state index contributed by atoms with van der Waals surface area (Å²) in [6, 6.07) is 7.32. The number of rotatable bonds is 10. The molecule has 7 nitrogen and oxygen atoms in total. The van der Waals surface area contributed by atoms with Gasteiger partial charge in [-0.15, -0.1) is 0 Å². The number of nitrogens with zero attached hydrogens (tertiary/aromatic N) is 2. The van der Waals surface area contributed by atoms with Gasteiger partial charge in [-0.1, -0.05) is 50.3 Å². The Morgan fingerprint density at radius 3 is 2.30 bits per heavy atom. The predicted octanol–water partition coefficient (Wildman–Crippen LogP) is 3.12. The third kappa shape index (κ3) is 7.72. The molecule has 184 valence electrons. The van der Waals surface area contributed by atoms with Crippen LogP contribution in [0, 0.1) is 5.92 Å². The van der Waals surface area contributed by atoms with Crippen molar-refractivity contribution in [3.05, 3.63) is 30.3 Å². The molecule has 0 aromatic heterocycles. The molecule has 1 saturated carbocycles. The summed E-state index contributed by atoms with van der Waals surface area (Å²) < 4.78 is 28.2. The van der Waals surface area contributed by atoms with Gasteiger partial charge in [0.15, 0.2) is 0 Å². The van der Waals surface area contributed by atoms with E-state index in [1.54, 1.807) is 34.9 Å². The molecule has 1 aliphatic heterocycles. The molecule has 33 heavy (non-hydrogen) atoms. The molecule has 1 saturated heterocycles. The van der Waals surface area contributed by atoms with Crippen molar-refractivity contribution < 1.29 is 18.0 Å². The van der Waals surface area contributed by atoms with Crippen molar-refractivity contribution in [1.82, 2.24) is 14.5 Å². The molecule has 1 aromatic rings. The van der Waals surface area contributed by atoms with Crippen molar-refractivity contribution >= 4 is 33.6 Å². The third-order valence-corrected chi connectivity index (χ3v) is 8.83. The Balaban J connectivity index is 1.53. The minimum Gasteiger partial charge on any atom is -0.339 e. The monoisotopic (exact) mass is 495 g/mol. The molecule has 1 heterocycles. The first-order valence-corrected chi connectivity index (χ1v) is 14.9. The van der Waals surface area contributed by atoms with Crippen molar-refractivity contribution in [3.63, 3.8) is 0 Å². The van der Waals surface area contributed by atoms with E-state index in [2.05, 4.69) is 4.72 Å². The van der Waals surface area contributed by atoms with E-state index in [1.165, 1.54) is 44.2 Å². The molecule has 3 rings (SSSR count). The second-order valence-electron chi connectivity index (χ2n) is 9.02. The first-order valence-electron chi connectivity index (χ1n) is 12.0. The largest absolute Gasteiger partial charge is 0.339 e. The van der Waals surface area contributed by atoms with Crippen LogP contribution in [0.15, 0.2) is 35.2 Å². The lowest BCUT2D eigenvalue weighted by Crippen LogP contribution is -2.56. The van der Waals surface area contributed by atoms with Gasteiger partial charge in [0.05, 0.1) is 4.90 Å². The highest BCUT2D eigenvalue weighted by Crippen LogP contribution is 2.27. The summed E-state index contributed by atoms with van der Waals surface area (Å²) in [5, 5.41) is 0. The quantitative estimate of drug-likeness (QED) is 0.539. The van der Waals surface area contributed by atoms with Crippen LogP contribution in [0.3, 0.4) is 0 Å². The highest BCUT2D eigenvalue weighted by atomic mass is 32.2. The Labute approximate surface area is 202 Å². The van der Waals surface area contributed by atoms with Gasteiger partial charge < -0.3 is 9.80 Å². The molecule has 2 aliphatic rings. The van der Waals surface area contributed by atoms with Gasteiger partial charge in [0.1, 0.15) is 6.04 Å². The summed E-state index contributed by atoms with van der Waals surface area (Å²) in [4.78, 5) is 29.6. The zero-order chi connectivity index (χ0) is 23.7. The van der Waals surface area contributed by atoms with E-state index in [-0.39, 0.29) is 16.7 Å². The van der Waals surface area contributed by atoms with E-state index in [0.29, 0.717) is 50.7 Å². The van der Waals surface area contributed by atoms with Crippen molar-refractivity contribution in [3.8, 4) is 0 Å². The Morgan fingerprint density at radius 2 is 1.67 bits per heavy atom. The topological polar surface area (TPSA) is 86.8 Å². The highest BCUT2D eigenvalue weighted by molar-refractivity contribution is 7.98. The van der Waals surface area contributed by atoms with Crippen LogP contribution < -0.4 is 4.72 Å². The van der Waals surface area contributed by atoms with E-state index in [0.717, 1.165) is 6.42 Å². The fourth-order valence-electron chi connectivity index (χ4n) is 4.68. The number of carbonyl (C=O) groups excluding carboxylic acids is 2. The minimum atomic E-state index is -3.79. The third-order valence-electron chi connectivity index (χ3n) is 6.69. The number of piperazine rings is 1. The van der Waals surface area contributed by atoms with Crippen LogP contribution >= 0.6 is 11.8 Å². The van der Waals surface area contributed by atoms with Crippen LogP contribution in [0.25, 0.3) is 0 Å².